The molecule has 2 heterocycles. The highest BCUT2D eigenvalue weighted by molar-refractivity contribution is 4.83. The molecule has 0 amide bonds. The van der Waals surface area contributed by atoms with Crippen LogP contribution in [0.25, 0.3) is 0 Å². The Hall–Kier alpha value is -0.0800. The highest BCUT2D eigenvalue weighted by atomic mass is 15.1. The zero-order chi connectivity index (χ0) is 9.64. The van der Waals surface area contributed by atoms with Gasteiger partial charge in [-0.3, -0.25) is 0 Å². The maximum absolute atomic E-state index is 3.54. The molecule has 0 saturated carbocycles. The standard InChI is InChI=1S/C12H23N2/c1-2-9-14(10-3-1)11-5-7-12-6-4-8-13-12/h5,12-13H,1-4,6-11H2. The van der Waals surface area contributed by atoms with Crippen molar-refractivity contribution in [3.05, 3.63) is 6.42 Å². The minimum Gasteiger partial charge on any atom is -0.314 e. The first-order chi connectivity index (χ1) is 6.95. The Bertz CT molecular complexity index is 146. The van der Waals surface area contributed by atoms with E-state index in [-0.39, 0.29) is 0 Å². The predicted molar refractivity (Wildman–Crippen MR) is 60.2 cm³/mol. The van der Waals surface area contributed by atoms with Crippen LogP contribution in [0.2, 0.25) is 0 Å². The van der Waals surface area contributed by atoms with Gasteiger partial charge in [-0.1, -0.05) is 6.42 Å². The van der Waals surface area contributed by atoms with Crippen molar-refractivity contribution in [1.29, 1.82) is 0 Å². The maximum atomic E-state index is 3.54. The van der Waals surface area contributed by atoms with Gasteiger partial charge in [-0.05, 0) is 58.2 Å². The van der Waals surface area contributed by atoms with E-state index in [2.05, 4.69) is 16.6 Å². The van der Waals surface area contributed by atoms with Crippen molar-refractivity contribution in [2.24, 2.45) is 0 Å². The molecule has 0 aromatic heterocycles. The summed E-state index contributed by atoms with van der Waals surface area (Å²) in [7, 11) is 0. The number of nitrogens with zero attached hydrogens (tertiary/aromatic N) is 1. The van der Waals surface area contributed by atoms with Crippen LogP contribution in [0.5, 0.6) is 0 Å². The van der Waals surface area contributed by atoms with Gasteiger partial charge in [0.1, 0.15) is 0 Å². The summed E-state index contributed by atoms with van der Waals surface area (Å²) in [6, 6.07) is 0.791. The zero-order valence-corrected chi connectivity index (χ0v) is 9.17. The van der Waals surface area contributed by atoms with Crippen LogP contribution in [0.3, 0.4) is 0 Å². The SMILES string of the molecule is [CH](CC1CCCN1)CN1CCCCC1. The minimum absolute atomic E-state index is 0.791. The molecule has 2 rings (SSSR count). The van der Waals surface area contributed by atoms with Gasteiger partial charge in [0.25, 0.3) is 0 Å². The van der Waals surface area contributed by atoms with Crippen molar-refractivity contribution in [3.63, 3.8) is 0 Å². The fourth-order valence-corrected chi connectivity index (χ4v) is 2.56. The molecule has 1 atom stereocenters. The van der Waals surface area contributed by atoms with Crippen LogP contribution >= 0.6 is 0 Å². The largest absolute Gasteiger partial charge is 0.314 e. The van der Waals surface area contributed by atoms with Crippen molar-refractivity contribution in [3.8, 4) is 0 Å². The summed E-state index contributed by atoms with van der Waals surface area (Å²) >= 11 is 0. The molecule has 1 N–H and O–H groups in total. The number of hydrogen-bond donors (Lipinski definition) is 1. The smallest absolute Gasteiger partial charge is 0.00707 e. The molecule has 2 fully saturated rings. The van der Waals surface area contributed by atoms with Crippen LogP contribution in [0, 0.1) is 6.42 Å². The third-order valence-electron chi connectivity index (χ3n) is 3.45. The molecule has 0 aromatic carbocycles. The second kappa shape index (κ2) is 5.72. The zero-order valence-electron chi connectivity index (χ0n) is 9.17. The second-order valence-corrected chi connectivity index (χ2v) is 4.68. The Kier molecular flexibility index (Phi) is 4.26. The van der Waals surface area contributed by atoms with E-state index in [1.165, 1.54) is 64.7 Å². The molecule has 0 aliphatic carbocycles. The van der Waals surface area contributed by atoms with E-state index >= 15 is 0 Å². The van der Waals surface area contributed by atoms with Gasteiger partial charge >= 0.3 is 0 Å². The van der Waals surface area contributed by atoms with E-state index in [4.69, 9.17) is 0 Å². The van der Waals surface area contributed by atoms with E-state index in [1.54, 1.807) is 0 Å². The Morgan fingerprint density at radius 1 is 1.14 bits per heavy atom. The van der Waals surface area contributed by atoms with Gasteiger partial charge in [0, 0.05) is 12.6 Å². The topological polar surface area (TPSA) is 15.3 Å². The summed E-state index contributed by atoms with van der Waals surface area (Å²) in [5.74, 6) is 0. The van der Waals surface area contributed by atoms with Crippen molar-refractivity contribution < 1.29 is 0 Å². The first-order valence-corrected chi connectivity index (χ1v) is 6.22. The molecular weight excluding hydrogens is 172 g/mol. The maximum Gasteiger partial charge on any atom is 0.00707 e. The van der Waals surface area contributed by atoms with Gasteiger partial charge in [0.2, 0.25) is 0 Å². The number of nitrogens with one attached hydrogen (secondary N) is 1. The summed E-state index contributed by atoms with van der Waals surface area (Å²) < 4.78 is 0. The van der Waals surface area contributed by atoms with E-state index in [1.807, 2.05) is 0 Å². The van der Waals surface area contributed by atoms with E-state index in [0.717, 1.165) is 6.04 Å². The molecule has 14 heavy (non-hydrogen) atoms. The highest BCUT2D eigenvalue weighted by Gasteiger charge is 2.14. The number of hydrogen-bond acceptors (Lipinski definition) is 2. The summed E-state index contributed by atoms with van der Waals surface area (Å²) in [4.78, 5) is 2.60. The molecule has 0 bridgehead atoms. The molecule has 0 spiro atoms. The summed E-state index contributed by atoms with van der Waals surface area (Å²) in [6.07, 6.45) is 10.8. The van der Waals surface area contributed by atoms with Gasteiger partial charge in [0.15, 0.2) is 0 Å². The summed E-state index contributed by atoms with van der Waals surface area (Å²) in [5, 5.41) is 3.54. The third-order valence-corrected chi connectivity index (χ3v) is 3.45. The van der Waals surface area contributed by atoms with Gasteiger partial charge in [-0.15, -0.1) is 0 Å². The molecular formula is C12H23N2. The van der Waals surface area contributed by atoms with Crippen LogP contribution in [-0.2, 0) is 0 Å². The molecule has 2 saturated heterocycles. The Morgan fingerprint density at radius 2 is 2.00 bits per heavy atom. The number of rotatable bonds is 4. The van der Waals surface area contributed by atoms with Crippen LogP contribution in [0.4, 0.5) is 0 Å². The van der Waals surface area contributed by atoms with Crippen LogP contribution in [0.15, 0.2) is 0 Å². The van der Waals surface area contributed by atoms with Crippen LogP contribution < -0.4 is 5.32 Å². The second-order valence-electron chi connectivity index (χ2n) is 4.68. The first kappa shape index (κ1) is 10.4. The quantitative estimate of drug-likeness (QED) is 0.736. The lowest BCUT2D eigenvalue weighted by Gasteiger charge is -2.26. The lowest BCUT2D eigenvalue weighted by atomic mass is 10.1. The van der Waals surface area contributed by atoms with Gasteiger partial charge in [-0.2, -0.15) is 0 Å². The molecule has 81 valence electrons. The fraction of sp³-hybridized carbons (Fsp3) is 0.917. The Labute approximate surface area is 88.1 Å². The molecule has 1 unspecified atom stereocenters. The summed E-state index contributed by atoms with van der Waals surface area (Å²) in [6.45, 7) is 5.11. The van der Waals surface area contributed by atoms with Crippen molar-refractivity contribution in [2.75, 3.05) is 26.2 Å². The molecule has 2 aliphatic rings. The fourth-order valence-electron chi connectivity index (χ4n) is 2.56. The Morgan fingerprint density at radius 3 is 2.71 bits per heavy atom. The number of likely N-dealkylation sites (tertiary alicyclic amines) is 1. The third kappa shape index (κ3) is 3.25. The van der Waals surface area contributed by atoms with E-state index in [0.29, 0.717) is 0 Å². The molecule has 2 nitrogen and oxygen atoms in total. The molecule has 1 radical (unpaired) electrons. The summed E-state index contributed by atoms with van der Waals surface area (Å²) in [5.41, 5.74) is 0. The monoisotopic (exact) mass is 195 g/mol. The van der Waals surface area contributed by atoms with Crippen molar-refractivity contribution in [2.45, 2.75) is 44.6 Å². The number of piperidine rings is 1. The molecule has 2 heteroatoms. The van der Waals surface area contributed by atoms with Gasteiger partial charge < -0.3 is 10.2 Å². The molecule has 2 aliphatic heterocycles. The highest BCUT2D eigenvalue weighted by Crippen LogP contribution is 2.12. The normalized spacial score (nSPS) is 29.6. The lowest BCUT2D eigenvalue weighted by molar-refractivity contribution is 0.242. The van der Waals surface area contributed by atoms with Crippen LogP contribution in [0.1, 0.15) is 38.5 Å². The van der Waals surface area contributed by atoms with Crippen LogP contribution in [-0.4, -0.2) is 37.1 Å². The Balaban J connectivity index is 1.52. The van der Waals surface area contributed by atoms with Crippen molar-refractivity contribution >= 4 is 0 Å². The van der Waals surface area contributed by atoms with E-state index in [9.17, 15) is 0 Å². The van der Waals surface area contributed by atoms with Crippen molar-refractivity contribution in [1.82, 2.24) is 10.2 Å². The minimum atomic E-state index is 0.791. The first-order valence-electron chi connectivity index (χ1n) is 6.22. The average molecular weight is 195 g/mol. The molecule has 0 aromatic rings. The van der Waals surface area contributed by atoms with Gasteiger partial charge in [-0.25, -0.2) is 0 Å². The average Bonchev–Trinajstić information content (AvgIpc) is 2.72. The van der Waals surface area contributed by atoms with Gasteiger partial charge in [0.05, 0.1) is 0 Å². The lowest BCUT2D eigenvalue weighted by Crippen LogP contribution is -2.32. The van der Waals surface area contributed by atoms with E-state index < -0.39 is 0 Å². The predicted octanol–water partition coefficient (Wildman–Crippen LogP) is 1.82.